The molecule has 0 saturated heterocycles. The molecule has 1 aromatic rings. The molecule has 78 valence electrons. The van der Waals surface area contributed by atoms with E-state index < -0.39 is 0 Å². The molecular formula is C12H19NO. The molecular weight excluding hydrogens is 174 g/mol. The van der Waals surface area contributed by atoms with Crippen LogP contribution in [0.3, 0.4) is 0 Å². The van der Waals surface area contributed by atoms with Gasteiger partial charge in [-0.25, -0.2) is 0 Å². The van der Waals surface area contributed by atoms with Crippen LogP contribution in [0.4, 0.5) is 0 Å². The Bertz CT molecular complexity index is 277. The first-order valence-electron chi connectivity index (χ1n) is 4.89. The predicted molar refractivity (Wildman–Crippen MR) is 59.9 cm³/mol. The number of rotatable bonds is 4. The molecule has 1 aromatic carbocycles. The summed E-state index contributed by atoms with van der Waals surface area (Å²) in [5.74, 6) is 0.911. The van der Waals surface area contributed by atoms with E-state index >= 15 is 0 Å². The molecule has 0 aliphatic rings. The summed E-state index contributed by atoms with van der Waals surface area (Å²) in [4.78, 5) is 0. The molecule has 2 nitrogen and oxygen atoms in total. The first-order valence-corrected chi connectivity index (χ1v) is 4.89. The van der Waals surface area contributed by atoms with Crippen molar-refractivity contribution in [3.63, 3.8) is 0 Å². The average Bonchev–Trinajstić information content (AvgIpc) is 2.18. The van der Waals surface area contributed by atoms with Gasteiger partial charge >= 0.3 is 0 Å². The third-order valence-electron chi connectivity index (χ3n) is 2.49. The van der Waals surface area contributed by atoms with Crippen LogP contribution in [0.15, 0.2) is 24.3 Å². The van der Waals surface area contributed by atoms with E-state index in [0.29, 0.717) is 0 Å². The highest BCUT2D eigenvalue weighted by Crippen LogP contribution is 2.24. The van der Waals surface area contributed by atoms with Crippen molar-refractivity contribution in [3.8, 4) is 5.75 Å². The fourth-order valence-corrected chi connectivity index (χ4v) is 1.59. The molecule has 1 N–H and O–H groups in total. The zero-order valence-corrected chi connectivity index (χ0v) is 9.42. The van der Waals surface area contributed by atoms with Crippen molar-refractivity contribution in [2.24, 2.45) is 0 Å². The van der Waals surface area contributed by atoms with E-state index in [-0.39, 0.29) is 5.41 Å². The molecule has 0 unspecified atom stereocenters. The highest BCUT2D eigenvalue weighted by Gasteiger charge is 2.18. The highest BCUT2D eigenvalue weighted by atomic mass is 16.5. The number of nitrogens with one attached hydrogen (secondary N) is 1. The van der Waals surface area contributed by atoms with E-state index in [2.05, 4.69) is 31.3 Å². The van der Waals surface area contributed by atoms with Gasteiger partial charge in [0, 0.05) is 12.0 Å². The minimum atomic E-state index is 0.168. The van der Waals surface area contributed by atoms with E-state index in [9.17, 15) is 0 Å². The predicted octanol–water partition coefficient (Wildman–Crippen LogP) is 2.19. The number of hydrogen-bond acceptors (Lipinski definition) is 2. The molecule has 0 bridgehead atoms. The zero-order valence-electron chi connectivity index (χ0n) is 9.42. The minimum absolute atomic E-state index is 0.168. The topological polar surface area (TPSA) is 21.3 Å². The Morgan fingerprint density at radius 3 is 2.21 bits per heavy atom. The van der Waals surface area contributed by atoms with Gasteiger partial charge in [-0.3, -0.25) is 0 Å². The molecule has 0 aliphatic heterocycles. The number of likely N-dealkylation sites (N-methyl/N-ethyl adjacent to an activating group) is 1. The van der Waals surface area contributed by atoms with Crippen LogP contribution in [-0.2, 0) is 5.41 Å². The van der Waals surface area contributed by atoms with E-state index in [1.54, 1.807) is 7.11 Å². The Balaban J connectivity index is 2.85. The van der Waals surface area contributed by atoms with Gasteiger partial charge in [0.05, 0.1) is 7.11 Å². The summed E-state index contributed by atoms with van der Waals surface area (Å²) in [6.45, 7) is 5.43. The average molecular weight is 193 g/mol. The van der Waals surface area contributed by atoms with Crippen LogP contribution < -0.4 is 10.1 Å². The summed E-state index contributed by atoms with van der Waals surface area (Å²) in [5.41, 5.74) is 1.49. The van der Waals surface area contributed by atoms with Crippen LogP contribution in [0.1, 0.15) is 19.4 Å². The van der Waals surface area contributed by atoms with Gasteiger partial charge < -0.3 is 10.1 Å². The molecule has 0 fully saturated rings. The molecule has 14 heavy (non-hydrogen) atoms. The Morgan fingerprint density at radius 1 is 1.21 bits per heavy atom. The van der Waals surface area contributed by atoms with Crippen LogP contribution in [0.2, 0.25) is 0 Å². The van der Waals surface area contributed by atoms with Crippen LogP contribution in [0.5, 0.6) is 5.75 Å². The van der Waals surface area contributed by atoms with E-state index in [0.717, 1.165) is 12.3 Å². The molecule has 0 amide bonds. The zero-order chi connectivity index (χ0) is 10.6. The van der Waals surface area contributed by atoms with Gasteiger partial charge in [0.25, 0.3) is 0 Å². The Labute approximate surface area is 86.3 Å². The minimum Gasteiger partial charge on any atom is -0.497 e. The van der Waals surface area contributed by atoms with Gasteiger partial charge in [0.15, 0.2) is 0 Å². The van der Waals surface area contributed by atoms with Crippen LogP contribution >= 0.6 is 0 Å². The van der Waals surface area contributed by atoms with Gasteiger partial charge in [0.1, 0.15) is 5.75 Å². The summed E-state index contributed by atoms with van der Waals surface area (Å²) in [6, 6.07) is 8.26. The lowest BCUT2D eigenvalue weighted by molar-refractivity contribution is 0.413. The maximum Gasteiger partial charge on any atom is 0.118 e. The summed E-state index contributed by atoms with van der Waals surface area (Å²) < 4.78 is 5.13. The summed E-state index contributed by atoms with van der Waals surface area (Å²) in [5, 5.41) is 3.20. The summed E-state index contributed by atoms with van der Waals surface area (Å²) in [7, 11) is 3.67. The number of ether oxygens (including phenoxy) is 1. The van der Waals surface area contributed by atoms with Crippen molar-refractivity contribution in [3.05, 3.63) is 29.8 Å². The first-order chi connectivity index (χ1) is 6.60. The second-order valence-electron chi connectivity index (χ2n) is 4.14. The Hall–Kier alpha value is -1.02. The van der Waals surface area contributed by atoms with Crippen molar-refractivity contribution in [2.75, 3.05) is 20.7 Å². The molecule has 0 aliphatic carbocycles. The lowest BCUT2D eigenvalue weighted by Gasteiger charge is -2.24. The quantitative estimate of drug-likeness (QED) is 0.791. The van der Waals surface area contributed by atoms with Crippen molar-refractivity contribution in [2.45, 2.75) is 19.3 Å². The normalized spacial score (nSPS) is 11.4. The number of methoxy groups -OCH3 is 1. The van der Waals surface area contributed by atoms with Crippen molar-refractivity contribution >= 4 is 0 Å². The van der Waals surface area contributed by atoms with E-state index in [1.807, 2.05) is 19.2 Å². The second-order valence-corrected chi connectivity index (χ2v) is 4.14. The van der Waals surface area contributed by atoms with Crippen LogP contribution in [0.25, 0.3) is 0 Å². The first kappa shape index (κ1) is 11.1. The molecule has 0 aromatic heterocycles. The van der Waals surface area contributed by atoms with Gasteiger partial charge in [-0.15, -0.1) is 0 Å². The van der Waals surface area contributed by atoms with E-state index in [4.69, 9.17) is 4.74 Å². The van der Waals surface area contributed by atoms with Gasteiger partial charge in [0.2, 0.25) is 0 Å². The van der Waals surface area contributed by atoms with Crippen molar-refractivity contribution in [1.29, 1.82) is 0 Å². The van der Waals surface area contributed by atoms with Crippen molar-refractivity contribution < 1.29 is 4.74 Å². The Kier molecular flexibility index (Phi) is 3.53. The third-order valence-corrected chi connectivity index (χ3v) is 2.49. The summed E-state index contributed by atoms with van der Waals surface area (Å²) >= 11 is 0. The van der Waals surface area contributed by atoms with Crippen LogP contribution in [-0.4, -0.2) is 20.7 Å². The van der Waals surface area contributed by atoms with Gasteiger partial charge in [-0.05, 0) is 24.7 Å². The molecule has 1 rings (SSSR count). The maximum atomic E-state index is 5.13. The fourth-order valence-electron chi connectivity index (χ4n) is 1.59. The number of benzene rings is 1. The molecule has 0 atom stereocenters. The van der Waals surface area contributed by atoms with Crippen molar-refractivity contribution in [1.82, 2.24) is 5.32 Å². The molecule has 0 spiro atoms. The highest BCUT2D eigenvalue weighted by molar-refractivity contribution is 5.31. The lowest BCUT2D eigenvalue weighted by atomic mass is 9.84. The number of hydrogen-bond donors (Lipinski definition) is 1. The maximum absolute atomic E-state index is 5.13. The van der Waals surface area contributed by atoms with Gasteiger partial charge in [-0.2, -0.15) is 0 Å². The second kappa shape index (κ2) is 4.47. The van der Waals surface area contributed by atoms with Gasteiger partial charge in [-0.1, -0.05) is 26.0 Å². The summed E-state index contributed by atoms with van der Waals surface area (Å²) in [6.07, 6.45) is 0. The van der Waals surface area contributed by atoms with E-state index in [1.165, 1.54) is 5.56 Å². The SMILES string of the molecule is CNCC(C)(C)c1ccc(OC)cc1. The molecule has 0 heterocycles. The largest absolute Gasteiger partial charge is 0.497 e. The monoisotopic (exact) mass is 193 g/mol. The molecule has 0 radical (unpaired) electrons. The smallest absolute Gasteiger partial charge is 0.118 e. The molecule has 0 saturated carbocycles. The lowest BCUT2D eigenvalue weighted by Crippen LogP contribution is -2.30. The van der Waals surface area contributed by atoms with Crippen LogP contribution in [0, 0.1) is 0 Å². The standard InChI is InChI=1S/C12H19NO/c1-12(2,9-13-3)10-5-7-11(14-4)8-6-10/h5-8,13H,9H2,1-4H3. The fraction of sp³-hybridized carbons (Fsp3) is 0.500. The Morgan fingerprint density at radius 2 is 1.79 bits per heavy atom. The molecule has 2 heteroatoms. The third kappa shape index (κ3) is 2.48.